The van der Waals surface area contributed by atoms with Crippen molar-refractivity contribution in [2.75, 3.05) is 43.5 Å². The van der Waals surface area contributed by atoms with Crippen LogP contribution in [-0.4, -0.2) is 74.6 Å². The lowest BCUT2D eigenvalue weighted by Gasteiger charge is -2.33. The molecule has 1 saturated carbocycles. The van der Waals surface area contributed by atoms with Crippen LogP contribution in [0.2, 0.25) is 5.02 Å². The molecule has 3 aliphatic rings. The summed E-state index contributed by atoms with van der Waals surface area (Å²) < 4.78 is 1.97. The van der Waals surface area contributed by atoms with Crippen molar-refractivity contribution in [3.63, 3.8) is 0 Å². The van der Waals surface area contributed by atoms with Crippen molar-refractivity contribution >= 4 is 34.1 Å². The zero-order chi connectivity index (χ0) is 27.9. The van der Waals surface area contributed by atoms with Crippen molar-refractivity contribution < 1.29 is 0 Å². The number of rotatable bonds is 5. The number of hydrogen-bond donors (Lipinski definition) is 1. The number of halogens is 1. The fourth-order valence-corrected chi connectivity index (χ4v) is 7.31. The van der Waals surface area contributed by atoms with Crippen molar-refractivity contribution in [2.24, 2.45) is 13.0 Å². The molecule has 40 heavy (non-hydrogen) atoms. The first kappa shape index (κ1) is 25.8. The van der Waals surface area contributed by atoms with Crippen LogP contribution in [0.15, 0.2) is 12.1 Å². The number of nitrogens with zero attached hydrogens (tertiary/aromatic N) is 8. The van der Waals surface area contributed by atoms with E-state index in [0.717, 1.165) is 94.2 Å². The summed E-state index contributed by atoms with van der Waals surface area (Å²) in [6.45, 7) is 10.1. The molecule has 0 bridgehead atoms. The molecule has 5 heterocycles. The molecule has 3 aromatic heterocycles. The van der Waals surface area contributed by atoms with E-state index >= 15 is 0 Å². The molecule has 0 unspecified atom stereocenters. The van der Waals surface area contributed by atoms with Gasteiger partial charge in [0, 0.05) is 73.8 Å². The third-order valence-electron chi connectivity index (χ3n) is 9.16. The molecule has 9 nitrogen and oxygen atoms in total. The molecule has 210 valence electrons. The van der Waals surface area contributed by atoms with Gasteiger partial charge in [-0.1, -0.05) is 24.6 Å². The van der Waals surface area contributed by atoms with E-state index in [1.165, 1.54) is 18.4 Å². The zero-order valence-corrected chi connectivity index (χ0v) is 25.0. The van der Waals surface area contributed by atoms with Crippen LogP contribution in [0.25, 0.3) is 22.3 Å². The molecule has 0 spiro atoms. The predicted molar refractivity (Wildman–Crippen MR) is 160 cm³/mol. The number of aromatic nitrogens is 6. The van der Waals surface area contributed by atoms with Crippen LogP contribution < -0.4 is 9.80 Å². The van der Waals surface area contributed by atoms with E-state index in [0.29, 0.717) is 17.9 Å². The number of H-pyrrole nitrogens is 1. The molecular weight excluding hydrogens is 522 g/mol. The predicted octanol–water partition coefficient (Wildman–Crippen LogP) is 4.85. The van der Waals surface area contributed by atoms with Crippen molar-refractivity contribution in [1.29, 1.82) is 0 Å². The average Bonchev–Trinajstić information content (AvgIpc) is 3.49. The van der Waals surface area contributed by atoms with Crippen molar-refractivity contribution in [3.05, 3.63) is 45.4 Å². The molecule has 2 atom stereocenters. The Morgan fingerprint density at radius 2 is 1.88 bits per heavy atom. The molecule has 4 aromatic rings. The fraction of sp³-hybridized carbons (Fsp3) is 0.533. The second kappa shape index (κ2) is 9.45. The highest BCUT2D eigenvalue weighted by molar-refractivity contribution is 6.33. The minimum absolute atomic E-state index is 0.475. The minimum atomic E-state index is 0.475. The number of likely N-dealkylation sites (N-methyl/N-ethyl adjacent to an activating group) is 1. The Labute approximate surface area is 240 Å². The Kier molecular flexibility index (Phi) is 6.09. The number of benzene rings is 1. The van der Waals surface area contributed by atoms with Gasteiger partial charge in [0.15, 0.2) is 5.82 Å². The Balaban J connectivity index is 1.36. The third-order valence-corrected chi connectivity index (χ3v) is 9.52. The van der Waals surface area contributed by atoms with Crippen LogP contribution in [-0.2, 0) is 20.0 Å². The van der Waals surface area contributed by atoms with E-state index in [2.05, 4.69) is 71.9 Å². The van der Waals surface area contributed by atoms with Crippen LogP contribution in [0, 0.1) is 19.8 Å². The van der Waals surface area contributed by atoms with E-state index in [9.17, 15) is 0 Å². The first-order valence-electron chi connectivity index (χ1n) is 14.4. The molecular formula is C30H38ClN9. The summed E-state index contributed by atoms with van der Waals surface area (Å²) in [5, 5.41) is 14.4. The van der Waals surface area contributed by atoms with Crippen LogP contribution in [0.4, 0.5) is 11.6 Å². The van der Waals surface area contributed by atoms with Gasteiger partial charge >= 0.3 is 0 Å². The summed E-state index contributed by atoms with van der Waals surface area (Å²) >= 11 is 6.97. The maximum absolute atomic E-state index is 6.97. The van der Waals surface area contributed by atoms with E-state index in [-0.39, 0.29) is 0 Å². The number of aromatic amines is 1. The number of nitrogens with one attached hydrogen (secondary N) is 1. The summed E-state index contributed by atoms with van der Waals surface area (Å²) in [6, 6.07) is 4.68. The first-order valence-corrected chi connectivity index (χ1v) is 14.8. The monoisotopic (exact) mass is 559 g/mol. The molecule has 2 fully saturated rings. The average molecular weight is 560 g/mol. The third kappa shape index (κ3) is 4.08. The van der Waals surface area contributed by atoms with Gasteiger partial charge in [0.1, 0.15) is 16.7 Å². The van der Waals surface area contributed by atoms with Crippen LogP contribution in [0.5, 0.6) is 0 Å². The highest BCUT2D eigenvalue weighted by Gasteiger charge is 2.37. The SMILES string of the molecule is Cc1ccc2n[nH]c(C)c2c1-c1nc2c(c(N3C[C@H](C)[C@@H](N(C)C)C3)n1)CN(c1c(Cl)c(C3CC3)nn1C)CC2. The van der Waals surface area contributed by atoms with Gasteiger partial charge in [0.05, 0.1) is 16.9 Å². The minimum Gasteiger partial charge on any atom is -0.354 e. The smallest absolute Gasteiger partial charge is 0.162 e. The van der Waals surface area contributed by atoms with Crippen molar-refractivity contribution in [3.8, 4) is 11.4 Å². The summed E-state index contributed by atoms with van der Waals surface area (Å²) in [5.74, 6) is 3.92. The van der Waals surface area contributed by atoms with Gasteiger partial charge in [-0.3, -0.25) is 9.78 Å². The summed E-state index contributed by atoms with van der Waals surface area (Å²) in [7, 11) is 6.38. The standard InChI is InChI=1S/C30H38ClN9/c1-16-7-10-22-25(18(3)34-35-22)24(16)28-32-21-11-12-39(30-26(31)27(19-8-9-19)36-38(30)6)14-20(21)29(33-28)40-13-17(2)23(15-40)37(4)5/h7,10,17,19,23H,8-9,11-15H2,1-6H3,(H,34,35)/t17-,23-/m0/s1. The van der Waals surface area contributed by atoms with Gasteiger partial charge < -0.3 is 14.7 Å². The topological polar surface area (TPSA) is 82.0 Å². The van der Waals surface area contributed by atoms with Gasteiger partial charge in [-0.05, 0) is 58.3 Å². The Bertz CT molecular complexity index is 1620. The Hall–Kier alpha value is -3.17. The molecule has 0 radical (unpaired) electrons. The lowest BCUT2D eigenvalue weighted by Crippen LogP contribution is -2.36. The summed E-state index contributed by atoms with van der Waals surface area (Å²) in [4.78, 5) is 17.9. The van der Waals surface area contributed by atoms with Crippen LogP contribution >= 0.6 is 11.6 Å². The van der Waals surface area contributed by atoms with E-state index in [4.69, 9.17) is 26.7 Å². The number of anilines is 2. The lowest BCUT2D eigenvalue weighted by molar-refractivity contribution is 0.266. The molecule has 1 saturated heterocycles. The van der Waals surface area contributed by atoms with Gasteiger partial charge in [-0.2, -0.15) is 10.2 Å². The van der Waals surface area contributed by atoms with Gasteiger partial charge in [-0.25, -0.2) is 9.97 Å². The fourth-order valence-electron chi connectivity index (χ4n) is 6.87. The van der Waals surface area contributed by atoms with Gasteiger partial charge in [0.2, 0.25) is 0 Å². The van der Waals surface area contributed by atoms with E-state index in [1.54, 1.807) is 0 Å². The van der Waals surface area contributed by atoms with Crippen LogP contribution in [0.1, 0.15) is 53.9 Å². The molecule has 1 aromatic carbocycles. The van der Waals surface area contributed by atoms with Gasteiger partial charge in [-0.15, -0.1) is 0 Å². The molecule has 0 amide bonds. The highest BCUT2D eigenvalue weighted by atomic mass is 35.5. The number of hydrogen-bond acceptors (Lipinski definition) is 7. The second-order valence-corrected chi connectivity index (χ2v) is 12.7. The molecule has 2 aliphatic heterocycles. The maximum atomic E-state index is 6.97. The molecule has 1 N–H and O–H groups in total. The largest absolute Gasteiger partial charge is 0.354 e. The van der Waals surface area contributed by atoms with Crippen molar-refractivity contribution in [1.82, 2.24) is 34.8 Å². The Morgan fingerprint density at radius 1 is 1.07 bits per heavy atom. The van der Waals surface area contributed by atoms with Crippen LogP contribution in [0.3, 0.4) is 0 Å². The quantitative estimate of drug-likeness (QED) is 0.374. The zero-order valence-electron chi connectivity index (χ0n) is 24.3. The molecule has 1 aliphatic carbocycles. The number of aryl methyl sites for hydroxylation is 3. The lowest BCUT2D eigenvalue weighted by atomic mass is 10.00. The number of fused-ring (bicyclic) bond motifs is 2. The maximum Gasteiger partial charge on any atom is 0.162 e. The van der Waals surface area contributed by atoms with Gasteiger partial charge in [0.25, 0.3) is 0 Å². The molecule has 10 heteroatoms. The highest BCUT2D eigenvalue weighted by Crippen LogP contribution is 2.46. The molecule has 7 rings (SSSR count). The van der Waals surface area contributed by atoms with E-state index < -0.39 is 0 Å². The van der Waals surface area contributed by atoms with Crippen molar-refractivity contribution in [2.45, 2.75) is 58.5 Å². The second-order valence-electron chi connectivity index (χ2n) is 12.3. The first-order chi connectivity index (χ1) is 19.2. The normalized spacial score (nSPS) is 21.2. The summed E-state index contributed by atoms with van der Waals surface area (Å²) in [6.07, 6.45) is 3.20. The Morgan fingerprint density at radius 3 is 2.60 bits per heavy atom. The van der Waals surface area contributed by atoms with E-state index in [1.807, 2.05) is 11.7 Å². The summed E-state index contributed by atoms with van der Waals surface area (Å²) in [5.41, 5.74) is 7.63.